The molecule has 2 saturated carbocycles. The van der Waals surface area contributed by atoms with Gasteiger partial charge in [0.05, 0.1) is 5.92 Å². The van der Waals surface area contributed by atoms with E-state index in [4.69, 9.17) is 4.74 Å². The Morgan fingerprint density at radius 2 is 1.74 bits per heavy atom. The topological polar surface area (TPSA) is 26.3 Å². The molecule has 3 aliphatic carbocycles. The second kappa shape index (κ2) is 6.26. The lowest BCUT2D eigenvalue weighted by molar-refractivity contribution is -0.166. The average molecular weight is 319 g/mol. The van der Waals surface area contributed by atoms with Crippen LogP contribution in [0.1, 0.15) is 79.1 Å². The molecule has 2 nitrogen and oxygen atoms in total. The summed E-state index contributed by atoms with van der Waals surface area (Å²) in [5.41, 5.74) is -0.109. The van der Waals surface area contributed by atoms with E-state index in [1.54, 1.807) is 0 Å². The summed E-state index contributed by atoms with van der Waals surface area (Å²) >= 11 is 0. The zero-order valence-corrected chi connectivity index (χ0v) is 15.4. The Kier molecular flexibility index (Phi) is 4.64. The molecule has 0 heterocycles. The van der Waals surface area contributed by atoms with Crippen LogP contribution >= 0.6 is 0 Å². The minimum Gasteiger partial charge on any atom is -0.459 e. The van der Waals surface area contributed by atoms with Crippen LogP contribution in [-0.4, -0.2) is 11.6 Å². The molecule has 0 amide bonds. The molecule has 0 radical (unpaired) electrons. The maximum atomic E-state index is 12.7. The minimum absolute atomic E-state index is 0.0475. The highest BCUT2D eigenvalue weighted by molar-refractivity contribution is 5.74. The molecule has 3 rings (SSSR count). The third kappa shape index (κ3) is 3.83. The van der Waals surface area contributed by atoms with E-state index in [0.29, 0.717) is 11.8 Å². The summed E-state index contributed by atoms with van der Waals surface area (Å²) in [5.74, 6) is 2.00. The number of fused-ring (bicyclic) bond motifs is 2. The van der Waals surface area contributed by atoms with Gasteiger partial charge in [-0.2, -0.15) is 0 Å². The van der Waals surface area contributed by atoms with Crippen molar-refractivity contribution in [2.24, 2.45) is 29.1 Å². The van der Waals surface area contributed by atoms with Gasteiger partial charge in [-0.25, -0.2) is 0 Å². The Morgan fingerprint density at radius 3 is 2.30 bits per heavy atom. The molecule has 0 aliphatic heterocycles. The number of ether oxygens (including phenoxy) is 1. The molecular formula is C21H34O2. The van der Waals surface area contributed by atoms with Crippen molar-refractivity contribution in [2.45, 2.75) is 84.7 Å². The quantitative estimate of drug-likeness (QED) is 0.493. The molecule has 0 N–H and O–H groups in total. The van der Waals surface area contributed by atoms with E-state index < -0.39 is 0 Å². The number of hydrogen-bond acceptors (Lipinski definition) is 2. The maximum Gasteiger partial charge on any atom is 0.310 e. The summed E-state index contributed by atoms with van der Waals surface area (Å²) in [5, 5.41) is 0. The van der Waals surface area contributed by atoms with Crippen molar-refractivity contribution in [3.05, 3.63) is 12.2 Å². The van der Waals surface area contributed by atoms with Crippen LogP contribution in [0.5, 0.6) is 0 Å². The van der Waals surface area contributed by atoms with Crippen molar-refractivity contribution in [1.82, 2.24) is 0 Å². The lowest BCUT2D eigenvalue weighted by atomic mass is 9.67. The molecule has 2 heteroatoms. The molecule has 3 unspecified atom stereocenters. The third-order valence-electron chi connectivity index (χ3n) is 6.55. The number of carbonyl (C=O) groups is 1. The van der Waals surface area contributed by atoms with Gasteiger partial charge in [-0.3, -0.25) is 4.79 Å². The molecule has 2 bridgehead atoms. The molecular weight excluding hydrogens is 284 g/mol. The van der Waals surface area contributed by atoms with Gasteiger partial charge < -0.3 is 4.74 Å². The number of carbonyl (C=O) groups excluding carboxylic acids is 1. The molecule has 0 aromatic carbocycles. The summed E-state index contributed by atoms with van der Waals surface area (Å²) in [7, 11) is 0. The monoisotopic (exact) mass is 318 g/mol. The Morgan fingerprint density at radius 1 is 1.04 bits per heavy atom. The molecule has 0 aromatic rings. The summed E-state index contributed by atoms with van der Waals surface area (Å²) in [6.07, 6.45) is 14.5. The van der Waals surface area contributed by atoms with Crippen LogP contribution in [0.3, 0.4) is 0 Å². The van der Waals surface area contributed by atoms with E-state index in [9.17, 15) is 4.79 Å². The second-order valence-electron chi connectivity index (χ2n) is 9.57. The number of hydrogen-bond donors (Lipinski definition) is 0. The standard InChI is InChI=1S/C21H34O2/c1-20(2,17-8-6-5-7-9-17)14-21(3,4)23-19(22)18-13-15-10-11-16(18)12-15/h10-11,15-18H,5-9,12-14H2,1-4H3. The highest BCUT2D eigenvalue weighted by atomic mass is 16.6. The minimum atomic E-state index is -0.358. The van der Waals surface area contributed by atoms with E-state index in [1.807, 2.05) is 0 Å². The molecule has 0 saturated heterocycles. The van der Waals surface area contributed by atoms with E-state index in [0.717, 1.165) is 25.2 Å². The van der Waals surface area contributed by atoms with Gasteiger partial charge in [0.15, 0.2) is 0 Å². The molecule has 3 aliphatic rings. The van der Waals surface area contributed by atoms with E-state index in [1.165, 1.54) is 32.1 Å². The van der Waals surface area contributed by atoms with Gasteiger partial charge in [-0.1, -0.05) is 45.3 Å². The fraction of sp³-hybridized carbons (Fsp3) is 0.857. The first kappa shape index (κ1) is 17.0. The average Bonchev–Trinajstić information content (AvgIpc) is 3.09. The van der Waals surface area contributed by atoms with Crippen LogP contribution in [0.15, 0.2) is 12.2 Å². The van der Waals surface area contributed by atoms with Gasteiger partial charge in [-0.05, 0) is 69.1 Å². The first-order valence-electron chi connectivity index (χ1n) is 9.68. The fourth-order valence-electron chi connectivity index (χ4n) is 5.56. The summed E-state index contributed by atoms with van der Waals surface area (Å²) in [6.45, 7) is 8.97. The second-order valence-corrected chi connectivity index (χ2v) is 9.57. The Hall–Kier alpha value is -0.790. The third-order valence-corrected chi connectivity index (χ3v) is 6.55. The summed E-state index contributed by atoms with van der Waals surface area (Å²) in [6, 6.07) is 0. The Labute approximate surface area is 142 Å². The number of allylic oxidation sites excluding steroid dienone is 2. The van der Waals surface area contributed by atoms with E-state index in [-0.39, 0.29) is 22.9 Å². The van der Waals surface area contributed by atoms with Gasteiger partial charge in [-0.15, -0.1) is 0 Å². The van der Waals surface area contributed by atoms with E-state index in [2.05, 4.69) is 39.8 Å². The SMILES string of the molecule is CC(C)(CC(C)(C)C1CCCCC1)OC(=O)C1CC2C=CC1C2. The number of rotatable bonds is 5. The molecule has 0 spiro atoms. The van der Waals surface area contributed by atoms with Crippen molar-refractivity contribution in [3.63, 3.8) is 0 Å². The largest absolute Gasteiger partial charge is 0.459 e. The summed E-state index contributed by atoms with van der Waals surface area (Å²) < 4.78 is 6.03. The first-order valence-corrected chi connectivity index (χ1v) is 9.68. The molecule has 0 aromatic heterocycles. The molecule has 130 valence electrons. The van der Waals surface area contributed by atoms with Crippen molar-refractivity contribution in [1.29, 1.82) is 0 Å². The zero-order valence-electron chi connectivity index (χ0n) is 15.4. The van der Waals surface area contributed by atoms with Crippen molar-refractivity contribution in [2.75, 3.05) is 0 Å². The number of esters is 1. The zero-order chi connectivity index (χ0) is 16.7. The van der Waals surface area contributed by atoms with Gasteiger partial charge in [0, 0.05) is 0 Å². The highest BCUT2D eigenvalue weighted by Gasteiger charge is 2.43. The van der Waals surface area contributed by atoms with Crippen molar-refractivity contribution < 1.29 is 9.53 Å². The maximum absolute atomic E-state index is 12.7. The predicted octanol–water partition coefficient (Wildman–Crippen LogP) is 5.52. The lowest BCUT2D eigenvalue weighted by Crippen LogP contribution is -2.39. The van der Waals surface area contributed by atoms with Crippen molar-refractivity contribution >= 4 is 5.97 Å². The molecule has 23 heavy (non-hydrogen) atoms. The predicted molar refractivity (Wildman–Crippen MR) is 94.0 cm³/mol. The van der Waals surface area contributed by atoms with Crippen LogP contribution in [0, 0.1) is 29.1 Å². The van der Waals surface area contributed by atoms with Gasteiger partial charge >= 0.3 is 5.97 Å². The van der Waals surface area contributed by atoms with E-state index >= 15 is 0 Å². The molecule has 3 atom stereocenters. The van der Waals surface area contributed by atoms with Crippen LogP contribution < -0.4 is 0 Å². The fourth-order valence-corrected chi connectivity index (χ4v) is 5.56. The van der Waals surface area contributed by atoms with Crippen LogP contribution in [0.4, 0.5) is 0 Å². The first-order chi connectivity index (χ1) is 10.8. The summed E-state index contributed by atoms with van der Waals surface area (Å²) in [4.78, 5) is 12.7. The Bertz CT molecular complexity index is 468. The van der Waals surface area contributed by atoms with Crippen molar-refractivity contribution in [3.8, 4) is 0 Å². The highest BCUT2D eigenvalue weighted by Crippen LogP contribution is 2.46. The van der Waals surface area contributed by atoms with Gasteiger partial charge in [0.2, 0.25) is 0 Å². The van der Waals surface area contributed by atoms with Gasteiger partial charge in [0.25, 0.3) is 0 Å². The van der Waals surface area contributed by atoms with Crippen LogP contribution in [0.25, 0.3) is 0 Å². The molecule has 2 fully saturated rings. The van der Waals surface area contributed by atoms with Crippen LogP contribution in [-0.2, 0) is 9.53 Å². The normalized spacial score (nSPS) is 31.6. The lowest BCUT2D eigenvalue weighted by Gasteiger charge is -2.42. The smallest absolute Gasteiger partial charge is 0.310 e. The Balaban J connectivity index is 1.57. The van der Waals surface area contributed by atoms with Crippen LogP contribution in [0.2, 0.25) is 0 Å². The van der Waals surface area contributed by atoms with Gasteiger partial charge in [0.1, 0.15) is 5.60 Å².